The molecule has 1 aromatic rings. The first kappa shape index (κ1) is 20.8. The predicted octanol–water partition coefficient (Wildman–Crippen LogP) is -0.304. The number of amides is 2. The molecule has 8 nitrogen and oxygen atoms in total. The van der Waals surface area contributed by atoms with Crippen LogP contribution >= 0.6 is 12.4 Å². The molecule has 2 amide bonds. The summed E-state index contributed by atoms with van der Waals surface area (Å²) >= 11 is 0. The van der Waals surface area contributed by atoms with Crippen molar-refractivity contribution in [3.63, 3.8) is 0 Å². The van der Waals surface area contributed by atoms with E-state index in [2.05, 4.69) is 10.6 Å². The van der Waals surface area contributed by atoms with E-state index in [4.69, 9.17) is 19.9 Å². The van der Waals surface area contributed by atoms with E-state index >= 15 is 0 Å². The summed E-state index contributed by atoms with van der Waals surface area (Å²) in [5, 5.41) is 4.98. The molecular formula is C14H22ClN3O5. The van der Waals surface area contributed by atoms with Crippen molar-refractivity contribution in [3.8, 4) is 17.2 Å². The van der Waals surface area contributed by atoms with Crippen LogP contribution in [0.5, 0.6) is 17.2 Å². The molecule has 0 atom stereocenters. The van der Waals surface area contributed by atoms with Gasteiger partial charge in [-0.15, -0.1) is 12.4 Å². The molecule has 0 fully saturated rings. The Kier molecular flexibility index (Phi) is 10.3. The standard InChI is InChI=1S/C14H21N3O5.ClH/c1-20-10-5-11(21-2)7-12(6-10)22-4-3-16-14(19)9-17-13(18)8-15;/h5-7H,3-4,8-9,15H2,1-2H3,(H,16,19)(H,17,18);1H. The van der Waals surface area contributed by atoms with E-state index in [1.54, 1.807) is 32.4 Å². The molecule has 0 aliphatic rings. The molecule has 9 heteroatoms. The summed E-state index contributed by atoms with van der Waals surface area (Å²) in [6, 6.07) is 5.16. The van der Waals surface area contributed by atoms with Crippen molar-refractivity contribution in [2.45, 2.75) is 0 Å². The maximum Gasteiger partial charge on any atom is 0.239 e. The van der Waals surface area contributed by atoms with Gasteiger partial charge in [0.2, 0.25) is 11.8 Å². The summed E-state index contributed by atoms with van der Waals surface area (Å²) < 4.78 is 15.8. The zero-order chi connectivity index (χ0) is 16.4. The molecule has 0 saturated heterocycles. The first-order valence-electron chi connectivity index (χ1n) is 6.68. The zero-order valence-corrected chi connectivity index (χ0v) is 13.9. The fourth-order valence-electron chi connectivity index (χ4n) is 1.54. The van der Waals surface area contributed by atoms with Crippen LogP contribution in [0, 0.1) is 0 Å². The van der Waals surface area contributed by atoms with Crippen molar-refractivity contribution < 1.29 is 23.8 Å². The van der Waals surface area contributed by atoms with Crippen LogP contribution in [-0.4, -0.2) is 52.3 Å². The van der Waals surface area contributed by atoms with Gasteiger partial charge in [-0.2, -0.15) is 0 Å². The summed E-state index contributed by atoms with van der Waals surface area (Å²) in [7, 11) is 3.10. The van der Waals surface area contributed by atoms with Crippen molar-refractivity contribution in [1.29, 1.82) is 0 Å². The van der Waals surface area contributed by atoms with Gasteiger partial charge in [-0.25, -0.2) is 0 Å². The molecular weight excluding hydrogens is 326 g/mol. The van der Waals surface area contributed by atoms with Crippen LogP contribution in [0.4, 0.5) is 0 Å². The topological polar surface area (TPSA) is 112 Å². The molecule has 0 unspecified atom stereocenters. The Hall–Kier alpha value is -2.19. The highest BCUT2D eigenvalue weighted by Gasteiger charge is 2.05. The number of hydrogen-bond donors (Lipinski definition) is 3. The van der Waals surface area contributed by atoms with Gasteiger partial charge in [-0.1, -0.05) is 0 Å². The Morgan fingerprint density at radius 2 is 1.57 bits per heavy atom. The number of ether oxygens (including phenoxy) is 3. The summed E-state index contributed by atoms with van der Waals surface area (Å²) in [4.78, 5) is 22.3. The maximum absolute atomic E-state index is 11.4. The molecule has 1 rings (SSSR count). The van der Waals surface area contributed by atoms with Crippen molar-refractivity contribution in [3.05, 3.63) is 18.2 Å². The molecule has 23 heavy (non-hydrogen) atoms. The lowest BCUT2D eigenvalue weighted by Gasteiger charge is -2.11. The molecule has 4 N–H and O–H groups in total. The van der Waals surface area contributed by atoms with Gasteiger partial charge in [0.25, 0.3) is 0 Å². The molecule has 0 aromatic heterocycles. The lowest BCUT2D eigenvalue weighted by atomic mass is 10.3. The number of benzene rings is 1. The van der Waals surface area contributed by atoms with Gasteiger partial charge in [-0.3, -0.25) is 9.59 Å². The fourth-order valence-corrected chi connectivity index (χ4v) is 1.54. The Bertz CT molecular complexity index is 491. The molecule has 0 aliphatic carbocycles. The van der Waals surface area contributed by atoms with Crippen LogP contribution < -0.4 is 30.6 Å². The maximum atomic E-state index is 11.4. The summed E-state index contributed by atoms with van der Waals surface area (Å²) in [5.74, 6) is 1.11. The van der Waals surface area contributed by atoms with Crippen LogP contribution in [0.15, 0.2) is 18.2 Å². The minimum Gasteiger partial charge on any atom is -0.496 e. The van der Waals surface area contributed by atoms with E-state index in [9.17, 15) is 9.59 Å². The average Bonchev–Trinajstić information content (AvgIpc) is 2.55. The van der Waals surface area contributed by atoms with E-state index in [1.165, 1.54) is 0 Å². The van der Waals surface area contributed by atoms with Gasteiger partial charge in [0.05, 0.1) is 33.9 Å². The highest BCUT2D eigenvalue weighted by Crippen LogP contribution is 2.27. The minimum atomic E-state index is -0.380. The molecule has 1 aromatic carbocycles. The normalized spacial score (nSPS) is 9.35. The molecule has 0 bridgehead atoms. The van der Waals surface area contributed by atoms with Crippen LogP contribution in [0.1, 0.15) is 0 Å². The molecule has 0 heterocycles. The lowest BCUT2D eigenvalue weighted by Crippen LogP contribution is -2.40. The van der Waals surface area contributed by atoms with Gasteiger partial charge in [0.15, 0.2) is 0 Å². The van der Waals surface area contributed by atoms with Crippen molar-refractivity contribution in [2.24, 2.45) is 5.73 Å². The highest BCUT2D eigenvalue weighted by molar-refractivity contribution is 5.85. The first-order chi connectivity index (χ1) is 10.6. The third kappa shape index (κ3) is 8.12. The van der Waals surface area contributed by atoms with Crippen LogP contribution in [0.2, 0.25) is 0 Å². The lowest BCUT2D eigenvalue weighted by molar-refractivity contribution is -0.125. The quantitative estimate of drug-likeness (QED) is 0.529. The van der Waals surface area contributed by atoms with Gasteiger partial charge in [0, 0.05) is 18.2 Å². The van der Waals surface area contributed by atoms with E-state index in [-0.39, 0.29) is 43.9 Å². The molecule has 0 radical (unpaired) electrons. The highest BCUT2D eigenvalue weighted by atomic mass is 35.5. The minimum absolute atomic E-state index is 0. The van der Waals surface area contributed by atoms with Crippen LogP contribution in [0.3, 0.4) is 0 Å². The first-order valence-corrected chi connectivity index (χ1v) is 6.68. The smallest absolute Gasteiger partial charge is 0.239 e. The SMILES string of the molecule is COc1cc(OC)cc(OCCNC(=O)CNC(=O)CN)c1.Cl. The van der Waals surface area contributed by atoms with E-state index in [0.29, 0.717) is 23.8 Å². The number of rotatable bonds is 9. The van der Waals surface area contributed by atoms with Crippen LogP contribution in [0.25, 0.3) is 0 Å². The number of halogens is 1. The summed E-state index contributed by atoms with van der Waals surface area (Å²) in [6.07, 6.45) is 0. The fraction of sp³-hybridized carbons (Fsp3) is 0.429. The molecule has 130 valence electrons. The number of nitrogens with one attached hydrogen (secondary N) is 2. The third-order valence-corrected chi connectivity index (χ3v) is 2.65. The summed E-state index contributed by atoms with van der Waals surface area (Å²) in [5.41, 5.74) is 5.11. The Balaban J connectivity index is 0.00000484. The largest absolute Gasteiger partial charge is 0.496 e. The molecule has 0 aliphatic heterocycles. The van der Waals surface area contributed by atoms with E-state index in [0.717, 1.165) is 0 Å². The second kappa shape index (κ2) is 11.4. The predicted molar refractivity (Wildman–Crippen MR) is 87.4 cm³/mol. The van der Waals surface area contributed by atoms with Crippen LogP contribution in [-0.2, 0) is 9.59 Å². The molecule has 0 spiro atoms. The second-order valence-corrected chi connectivity index (χ2v) is 4.23. The Morgan fingerprint density at radius 1 is 1.00 bits per heavy atom. The second-order valence-electron chi connectivity index (χ2n) is 4.23. The number of carbonyl (C=O) groups is 2. The average molecular weight is 348 g/mol. The van der Waals surface area contributed by atoms with Gasteiger partial charge < -0.3 is 30.6 Å². The van der Waals surface area contributed by atoms with Crippen molar-refractivity contribution in [1.82, 2.24) is 10.6 Å². The molecule has 0 saturated carbocycles. The van der Waals surface area contributed by atoms with Crippen molar-refractivity contribution >= 4 is 24.2 Å². The van der Waals surface area contributed by atoms with E-state index in [1.807, 2.05) is 0 Å². The number of methoxy groups -OCH3 is 2. The monoisotopic (exact) mass is 347 g/mol. The number of carbonyl (C=O) groups excluding carboxylic acids is 2. The zero-order valence-electron chi connectivity index (χ0n) is 13.1. The van der Waals surface area contributed by atoms with E-state index < -0.39 is 0 Å². The number of hydrogen-bond acceptors (Lipinski definition) is 6. The van der Waals surface area contributed by atoms with Gasteiger partial charge in [-0.05, 0) is 0 Å². The van der Waals surface area contributed by atoms with Gasteiger partial charge >= 0.3 is 0 Å². The number of nitrogens with two attached hydrogens (primary N) is 1. The third-order valence-electron chi connectivity index (χ3n) is 2.65. The Morgan fingerprint density at radius 3 is 2.09 bits per heavy atom. The summed E-state index contributed by atoms with van der Waals surface area (Å²) in [6.45, 7) is 0.320. The Labute approximate surface area is 141 Å². The van der Waals surface area contributed by atoms with Gasteiger partial charge in [0.1, 0.15) is 23.9 Å². The van der Waals surface area contributed by atoms with Crippen molar-refractivity contribution in [2.75, 3.05) is 40.5 Å².